The Morgan fingerprint density at radius 2 is 2.17 bits per heavy atom. The molecule has 0 saturated heterocycles. The predicted octanol–water partition coefficient (Wildman–Crippen LogP) is 2.62. The molecule has 1 unspecified atom stereocenters. The van der Waals surface area contributed by atoms with Crippen LogP contribution in [-0.2, 0) is 4.79 Å². The largest absolute Gasteiger partial charge is 0.481 e. The molecule has 2 heteroatoms. The molecule has 0 aliphatic rings. The van der Waals surface area contributed by atoms with Gasteiger partial charge in [0.25, 0.3) is 0 Å². The van der Waals surface area contributed by atoms with Gasteiger partial charge in [0, 0.05) is 0 Å². The molecule has 0 rings (SSSR count). The third-order valence-electron chi connectivity index (χ3n) is 1.51. The second-order valence-corrected chi connectivity index (χ2v) is 3.04. The Bertz CT molecular complexity index is 176. The standard InChI is InChI=1S/C10H16O2/c1-4-5-9(6-8(2)3)7-10(11)12/h4-5,9H,2,6-7H2,1,3H3,(H,11,12)/b5-4+. The maximum absolute atomic E-state index is 10.4. The average molecular weight is 168 g/mol. The van der Waals surface area contributed by atoms with Gasteiger partial charge in [-0.1, -0.05) is 17.7 Å². The van der Waals surface area contributed by atoms with Crippen molar-refractivity contribution in [2.75, 3.05) is 0 Å². The normalized spacial score (nSPS) is 13.2. The van der Waals surface area contributed by atoms with Crippen LogP contribution in [0.25, 0.3) is 0 Å². The van der Waals surface area contributed by atoms with E-state index in [1.54, 1.807) is 0 Å². The molecule has 0 saturated carbocycles. The zero-order valence-electron chi connectivity index (χ0n) is 7.71. The van der Waals surface area contributed by atoms with Gasteiger partial charge < -0.3 is 5.11 Å². The van der Waals surface area contributed by atoms with Crippen LogP contribution in [0.3, 0.4) is 0 Å². The van der Waals surface area contributed by atoms with Crippen molar-refractivity contribution in [1.82, 2.24) is 0 Å². The number of hydrogen-bond donors (Lipinski definition) is 1. The Morgan fingerprint density at radius 3 is 2.50 bits per heavy atom. The van der Waals surface area contributed by atoms with Crippen molar-refractivity contribution < 1.29 is 9.90 Å². The van der Waals surface area contributed by atoms with Crippen molar-refractivity contribution in [3.8, 4) is 0 Å². The van der Waals surface area contributed by atoms with Gasteiger partial charge in [-0.25, -0.2) is 0 Å². The fraction of sp³-hybridized carbons (Fsp3) is 0.500. The predicted molar refractivity (Wildman–Crippen MR) is 50.0 cm³/mol. The maximum Gasteiger partial charge on any atom is 0.303 e. The first-order valence-electron chi connectivity index (χ1n) is 4.05. The number of carboxylic acid groups (broad SMARTS) is 1. The topological polar surface area (TPSA) is 37.3 Å². The summed E-state index contributed by atoms with van der Waals surface area (Å²) in [7, 11) is 0. The van der Waals surface area contributed by atoms with Crippen molar-refractivity contribution >= 4 is 5.97 Å². The summed E-state index contributed by atoms with van der Waals surface area (Å²) < 4.78 is 0. The van der Waals surface area contributed by atoms with Gasteiger partial charge in [0.1, 0.15) is 0 Å². The summed E-state index contributed by atoms with van der Waals surface area (Å²) in [4.78, 5) is 10.4. The van der Waals surface area contributed by atoms with Crippen LogP contribution in [0.4, 0.5) is 0 Å². The van der Waals surface area contributed by atoms with Crippen LogP contribution >= 0.6 is 0 Å². The molecule has 1 atom stereocenters. The minimum absolute atomic E-state index is 0.102. The first-order valence-corrected chi connectivity index (χ1v) is 4.05. The zero-order chi connectivity index (χ0) is 9.56. The SMILES string of the molecule is C=C(C)CC(/C=C/C)CC(=O)O. The molecule has 0 aliphatic heterocycles. The Hall–Kier alpha value is -1.05. The van der Waals surface area contributed by atoms with Crippen molar-refractivity contribution in [2.24, 2.45) is 5.92 Å². The fourth-order valence-electron chi connectivity index (χ4n) is 1.15. The third kappa shape index (κ3) is 5.71. The number of aliphatic carboxylic acids is 1. The van der Waals surface area contributed by atoms with Gasteiger partial charge >= 0.3 is 5.97 Å². The summed E-state index contributed by atoms with van der Waals surface area (Å²) in [5.74, 6) is -0.649. The van der Waals surface area contributed by atoms with Gasteiger partial charge in [-0.15, -0.1) is 6.58 Å². The smallest absolute Gasteiger partial charge is 0.303 e. The number of allylic oxidation sites excluding steroid dienone is 3. The first kappa shape index (κ1) is 11.0. The van der Waals surface area contributed by atoms with Gasteiger partial charge in [0.15, 0.2) is 0 Å². The molecule has 0 aromatic heterocycles. The van der Waals surface area contributed by atoms with Crippen LogP contribution in [-0.4, -0.2) is 11.1 Å². The van der Waals surface area contributed by atoms with Crippen LogP contribution in [0.1, 0.15) is 26.7 Å². The molecule has 68 valence electrons. The molecular formula is C10H16O2. The van der Waals surface area contributed by atoms with Gasteiger partial charge in [0.05, 0.1) is 6.42 Å². The van der Waals surface area contributed by atoms with E-state index >= 15 is 0 Å². The molecule has 0 heterocycles. The van der Waals surface area contributed by atoms with Gasteiger partial charge in [-0.2, -0.15) is 0 Å². The Balaban J connectivity index is 4.03. The molecule has 0 fully saturated rings. The molecule has 0 bridgehead atoms. The lowest BCUT2D eigenvalue weighted by molar-refractivity contribution is -0.137. The van der Waals surface area contributed by atoms with Gasteiger partial charge in [0.2, 0.25) is 0 Å². The van der Waals surface area contributed by atoms with E-state index in [4.69, 9.17) is 5.11 Å². The van der Waals surface area contributed by atoms with Crippen molar-refractivity contribution in [3.63, 3.8) is 0 Å². The van der Waals surface area contributed by atoms with Crippen molar-refractivity contribution in [2.45, 2.75) is 26.7 Å². The van der Waals surface area contributed by atoms with Gasteiger partial charge in [-0.05, 0) is 26.2 Å². The van der Waals surface area contributed by atoms with E-state index < -0.39 is 5.97 Å². The van der Waals surface area contributed by atoms with E-state index in [1.165, 1.54) is 0 Å². The molecule has 0 amide bonds. The minimum Gasteiger partial charge on any atom is -0.481 e. The van der Waals surface area contributed by atoms with E-state index in [1.807, 2.05) is 26.0 Å². The highest BCUT2D eigenvalue weighted by atomic mass is 16.4. The quantitative estimate of drug-likeness (QED) is 0.641. The lowest BCUT2D eigenvalue weighted by Gasteiger charge is -2.08. The monoisotopic (exact) mass is 168 g/mol. The maximum atomic E-state index is 10.4. The molecule has 12 heavy (non-hydrogen) atoms. The van der Waals surface area contributed by atoms with Crippen LogP contribution in [0, 0.1) is 5.92 Å². The molecule has 0 aromatic carbocycles. The molecule has 0 spiro atoms. The van der Waals surface area contributed by atoms with Crippen LogP contribution in [0.2, 0.25) is 0 Å². The summed E-state index contributed by atoms with van der Waals surface area (Å²) in [6.45, 7) is 7.57. The fourth-order valence-corrected chi connectivity index (χ4v) is 1.15. The van der Waals surface area contributed by atoms with Crippen LogP contribution in [0.5, 0.6) is 0 Å². The van der Waals surface area contributed by atoms with E-state index in [-0.39, 0.29) is 12.3 Å². The second kappa shape index (κ2) is 5.58. The molecule has 0 aromatic rings. The lowest BCUT2D eigenvalue weighted by Crippen LogP contribution is -2.05. The third-order valence-corrected chi connectivity index (χ3v) is 1.51. The van der Waals surface area contributed by atoms with E-state index in [0.29, 0.717) is 0 Å². The molecule has 2 nitrogen and oxygen atoms in total. The Morgan fingerprint density at radius 1 is 1.58 bits per heavy atom. The molecule has 0 aliphatic carbocycles. The highest BCUT2D eigenvalue weighted by Gasteiger charge is 2.09. The second-order valence-electron chi connectivity index (χ2n) is 3.04. The van der Waals surface area contributed by atoms with E-state index in [2.05, 4.69) is 6.58 Å². The number of rotatable bonds is 5. The summed E-state index contributed by atoms with van der Waals surface area (Å²) in [5, 5.41) is 8.56. The highest BCUT2D eigenvalue weighted by molar-refractivity contribution is 5.67. The number of carbonyl (C=O) groups is 1. The lowest BCUT2D eigenvalue weighted by atomic mass is 9.97. The number of carboxylic acids is 1. The average Bonchev–Trinajstić information content (AvgIpc) is 1.84. The minimum atomic E-state index is -0.751. The van der Waals surface area contributed by atoms with Crippen molar-refractivity contribution in [3.05, 3.63) is 24.3 Å². The van der Waals surface area contributed by atoms with E-state index in [9.17, 15) is 4.79 Å². The van der Waals surface area contributed by atoms with Gasteiger partial charge in [-0.3, -0.25) is 4.79 Å². The summed E-state index contributed by atoms with van der Waals surface area (Å²) >= 11 is 0. The summed E-state index contributed by atoms with van der Waals surface area (Å²) in [6.07, 6.45) is 4.76. The van der Waals surface area contributed by atoms with Crippen molar-refractivity contribution in [1.29, 1.82) is 0 Å². The molecular weight excluding hydrogens is 152 g/mol. The molecule has 1 N–H and O–H groups in total. The first-order chi connectivity index (χ1) is 5.56. The zero-order valence-corrected chi connectivity index (χ0v) is 7.71. The van der Waals surface area contributed by atoms with Crippen LogP contribution < -0.4 is 0 Å². The summed E-state index contributed by atoms with van der Waals surface area (Å²) in [6, 6.07) is 0. The Kier molecular flexibility index (Phi) is 5.09. The summed E-state index contributed by atoms with van der Waals surface area (Å²) in [5.41, 5.74) is 1.03. The van der Waals surface area contributed by atoms with Crippen LogP contribution in [0.15, 0.2) is 24.3 Å². The number of hydrogen-bond acceptors (Lipinski definition) is 1. The highest BCUT2D eigenvalue weighted by Crippen LogP contribution is 2.15. The molecule has 0 radical (unpaired) electrons. The van der Waals surface area contributed by atoms with E-state index in [0.717, 1.165) is 12.0 Å². The Labute approximate surface area is 73.6 Å².